The fourth-order valence-electron chi connectivity index (χ4n) is 3.83. The molecule has 1 saturated heterocycles. The minimum Gasteiger partial charge on any atom is -0.467 e. The standard InChI is InChI=1S/C23H21N3O4/c1-14-18(17-11-7-8-12-20(17)25(14)15(2)23(29)30-3)13-19-21(27)24-26(22(19)28)16-9-5-4-6-10-16/h4-13,15H,1-3H3,(H,24,27)/b19-13-/t15-/m0/s1. The number of para-hydroxylation sites is 2. The largest absolute Gasteiger partial charge is 0.467 e. The fraction of sp³-hybridized carbons (Fsp3) is 0.174. The van der Waals surface area contributed by atoms with Crippen LogP contribution in [-0.4, -0.2) is 29.5 Å². The molecule has 1 aliphatic heterocycles. The van der Waals surface area contributed by atoms with Crippen LogP contribution in [0.1, 0.15) is 24.2 Å². The van der Waals surface area contributed by atoms with Gasteiger partial charge in [0.25, 0.3) is 11.8 Å². The fourth-order valence-corrected chi connectivity index (χ4v) is 3.83. The third-order valence-electron chi connectivity index (χ3n) is 5.33. The number of rotatable bonds is 4. The Morgan fingerprint density at radius 1 is 1.07 bits per heavy atom. The zero-order valence-electron chi connectivity index (χ0n) is 16.9. The number of carbonyl (C=O) groups excluding carboxylic acids is 3. The van der Waals surface area contributed by atoms with Gasteiger partial charge in [0.15, 0.2) is 0 Å². The van der Waals surface area contributed by atoms with E-state index in [4.69, 9.17) is 4.74 Å². The number of nitrogens with one attached hydrogen (secondary N) is 1. The molecule has 7 nitrogen and oxygen atoms in total. The van der Waals surface area contributed by atoms with Crippen molar-refractivity contribution in [1.82, 2.24) is 9.99 Å². The molecule has 0 saturated carbocycles. The maximum Gasteiger partial charge on any atom is 0.328 e. The number of hydrogen-bond acceptors (Lipinski definition) is 4. The molecule has 2 heterocycles. The van der Waals surface area contributed by atoms with Gasteiger partial charge in [-0.3, -0.25) is 15.0 Å². The Balaban J connectivity index is 1.84. The van der Waals surface area contributed by atoms with Gasteiger partial charge >= 0.3 is 5.97 Å². The van der Waals surface area contributed by atoms with Crippen molar-refractivity contribution in [2.24, 2.45) is 0 Å². The Bertz CT molecular complexity index is 1190. The van der Waals surface area contributed by atoms with Gasteiger partial charge in [-0.2, -0.15) is 0 Å². The molecule has 1 N–H and O–H groups in total. The van der Waals surface area contributed by atoms with Gasteiger partial charge in [0.2, 0.25) is 0 Å². The first-order valence-electron chi connectivity index (χ1n) is 9.53. The van der Waals surface area contributed by atoms with Crippen LogP contribution in [0.3, 0.4) is 0 Å². The van der Waals surface area contributed by atoms with E-state index in [1.165, 1.54) is 12.1 Å². The molecular formula is C23H21N3O4. The van der Waals surface area contributed by atoms with E-state index >= 15 is 0 Å². The first-order valence-corrected chi connectivity index (χ1v) is 9.53. The quantitative estimate of drug-likeness (QED) is 0.412. The number of amides is 2. The van der Waals surface area contributed by atoms with Gasteiger partial charge in [0, 0.05) is 22.2 Å². The summed E-state index contributed by atoms with van der Waals surface area (Å²) >= 11 is 0. The number of nitrogens with zero attached hydrogens (tertiary/aromatic N) is 2. The molecule has 0 radical (unpaired) electrons. The Morgan fingerprint density at radius 2 is 1.73 bits per heavy atom. The first kappa shape index (κ1) is 19.4. The van der Waals surface area contributed by atoms with Crippen molar-refractivity contribution in [3.05, 3.63) is 71.4 Å². The van der Waals surface area contributed by atoms with Gasteiger partial charge in [-0.05, 0) is 38.1 Å². The van der Waals surface area contributed by atoms with Gasteiger partial charge < -0.3 is 9.30 Å². The minimum atomic E-state index is -0.555. The highest BCUT2D eigenvalue weighted by Crippen LogP contribution is 2.32. The van der Waals surface area contributed by atoms with Crippen molar-refractivity contribution >= 4 is 40.4 Å². The third-order valence-corrected chi connectivity index (χ3v) is 5.33. The average Bonchev–Trinajstić information content (AvgIpc) is 3.21. The summed E-state index contributed by atoms with van der Waals surface area (Å²) in [6.07, 6.45) is 1.60. The number of hydrogen-bond donors (Lipinski definition) is 1. The molecule has 30 heavy (non-hydrogen) atoms. The molecule has 1 atom stereocenters. The summed E-state index contributed by atoms with van der Waals surface area (Å²) in [5.74, 6) is -1.27. The molecular weight excluding hydrogens is 382 g/mol. The van der Waals surface area contributed by atoms with Crippen LogP contribution in [0.5, 0.6) is 0 Å². The number of benzene rings is 2. The van der Waals surface area contributed by atoms with E-state index in [0.29, 0.717) is 5.69 Å². The molecule has 1 fully saturated rings. The zero-order chi connectivity index (χ0) is 21.4. The van der Waals surface area contributed by atoms with Crippen molar-refractivity contribution in [2.45, 2.75) is 19.9 Å². The van der Waals surface area contributed by atoms with Crippen molar-refractivity contribution in [3.8, 4) is 0 Å². The van der Waals surface area contributed by atoms with Gasteiger partial charge in [-0.15, -0.1) is 0 Å². The molecule has 2 amide bonds. The van der Waals surface area contributed by atoms with Crippen LogP contribution in [0, 0.1) is 6.92 Å². The van der Waals surface area contributed by atoms with Crippen molar-refractivity contribution < 1.29 is 19.1 Å². The Labute approximate surface area is 173 Å². The lowest BCUT2D eigenvalue weighted by Gasteiger charge is -2.15. The molecule has 152 valence electrons. The number of ether oxygens (including phenoxy) is 1. The molecule has 0 aliphatic carbocycles. The highest BCUT2D eigenvalue weighted by molar-refractivity contribution is 6.32. The second-order valence-electron chi connectivity index (χ2n) is 7.06. The number of aromatic nitrogens is 1. The van der Waals surface area contributed by atoms with E-state index < -0.39 is 17.9 Å². The first-order chi connectivity index (χ1) is 14.4. The molecule has 2 aromatic carbocycles. The number of hydrazine groups is 1. The second kappa shape index (κ2) is 7.51. The summed E-state index contributed by atoms with van der Waals surface area (Å²) in [7, 11) is 1.35. The lowest BCUT2D eigenvalue weighted by molar-refractivity contribution is -0.144. The molecule has 3 aromatic rings. The second-order valence-corrected chi connectivity index (χ2v) is 7.06. The number of fused-ring (bicyclic) bond motifs is 1. The summed E-state index contributed by atoms with van der Waals surface area (Å²) in [5, 5.41) is 2.08. The molecule has 0 spiro atoms. The predicted molar refractivity (Wildman–Crippen MR) is 113 cm³/mol. The van der Waals surface area contributed by atoms with Crippen LogP contribution in [-0.2, 0) is 19.1 Å². The summed E-state index contributed by atoms with van der Waals surface area (Å²) in [5.41, 5.74) is 5.54. The lowest BCUT2D eigenvalue weighted by atomic mass is 10.1. The van der Waals surface area contributed by atoms with E-state index in [-0.39, 0.29) is 11.5 Å². The predicted octanol–water partition coefficient (Wildman–Crippen LogP) is 3.15. The highest BCUT2D eigenvalue weighted by Gasteiger charge is 2.35. The lowest BCUT2D eigenvalue weighted by Crippen LogP contribution is -2.35. The van der Waals surface area contributed by atoms with E-state index in [1.54, 1.807) is 37.3 Å². The summed E-state index contributed by atoms with van der Waals surface area (Å²) in [6, 6.07) is 15.9. The van der Waals surface area contributed by atoms with E-state index in [9.17, 15) is 14.4 Å². The number of esters is 1. The third kappa shape index (κ3) is 3.04. The van der Waals surface area contributed by atoms with Crippen LogP contribution in [0.4, 0.5) is 5.69 Å². The highest BCUT2D eigenvalue weighted by atomic mass is 16.5. The van der Waals surface area contributed by atoms with E-state index in [0.717, 1.165) is 22.2 Å². The van der Waals surface area contributed by atoms with Gasteiger partial charge in [0.05, 0.1) is 12.8 Å². The number of methoxy groups -OCH3 is 1. The van der Waals surface area contributed by atoms with Gasteiger partial charge in [0.1, 0.15) is 11.6 Å². The normalized spacial score (nSPS) is 16.2. The number of carbonyl (C=O) groups is 3. The molecule has 1 aliphatic rings. The van der Waals surface area contributed by atoms with Crippen molar-refractivity contribution in [2.75, 3.05) is 12.1 Å². The van der Waals surface area contributed by atoms with Crippen LogP contribution in [0.15, 0.2) is 60.2 Å². The number of anilines is 1. The maximum absolute atomic E-state index is 13.0. The van der Waals surface area contributed by atoms with Crippen molar-refractivity contribution in [3.63, 3.8) is 0 Å². The summed E-state index contributed by atoms with van der Waals surface area (Å²) in [4.78, 5) is 37.7. The van der Waals surface area contributed by atoms with Crippen LogP contribution >= 0.6 is 0 Å². The smallest absolute Gasteiger partial charge is 0.328 e. The van der Waals surface area contributed by atoms with Crippen LogP contribution in [0.25, 0.3) is 17.0 Å². The van der Waals surface area contributed by atoms with E-state index in [1.807, 2.05) is 41.8 Å². The Kier molecular flexibility index (Phi) is 4.87. The summed E-state index contributed by atoms with van der Waals surface area (Å²) in [6.45, 7) is 3.62. The topological polar surface area (TPSA) is 80.6 Å². The van der Waals surface area contributed by atoms with E-state index in [2.05, 4.69) is 5.43 Å². The Morgan fingerprint density at radius 3 is 2.43 bits per heavy atom. The molecule has 1 aromatic heterocycles. The van der Waals surface area contributed by atoms with Crippen LogP contribution < -0.4 is 10.4 Å². The molecule has 7 heteroatoms. The van der Waals surface area contributed by atoms with Crippen molar-refractivity contribution in [1.29, 1.82) is 0 Å². The SMILES string of the molecule is COC(=O)[C@H](C)n1c(C)c(/C=C2/C(=O)NN(c3ccccc3)C2=O)c2ccccc21. The monoisotopic (exact) mass is 403 g/mol. The minimum absolute atomic E-state index is 0.0376. The molecule has 0 unspecified atom stereocenters. The van der Waals surface area contributed by atoms with Crippen LogP contribution in [0.2, 0.25) is 0 Å². The zero-order valence-corrected chi connectivity index (χ0v) is 16.9. The average molecular weight is 403 g/mol. The maximum atomic E-state index is 13.0. The van der Waals surface area contributed by atoms with Gasteiger partial charge in [-0.1, -0.05) is 36.4 Å². The summed E-state index contributed by atoms with van der Waals surface area (Å²) < 4.78 is 6.77. The molecule has 0 bridgehead atoms. The molecule has 4 rings (SSSR count). The Hall–Kier alpha value is -3.87. The van der Waals surface area contributed by atoms with Gasteiger partial charge in [-0.25, -0.2) is 9.80 Å².